The van der Waals surface area contributed by atoms with Gasteiger partial charge in [0.15, 0.2) is 5.82 Å². The second-order valence-electron chi connectivity index (χ2n) is 3.90. The highest BCUT2D eigenvalue weighted by atomic mass is 19.4. The molecule has 0 heterocycles. The van der Waals surface area contributed by atoms with Crippen molar-refractivity contribution >= 4 is 11.6 Å². The lowest BCUT2D eigenvalue weighted by Crippen LogP contribution is -2.16. The van der Waals surface area contributed by atoms with Crippen molar-refractivity contribution < 1.29 is 22.4 Å². The van der Waals surface area contributed by atoms with Crippen molar-refractivity contribution in [2.75, 3.05) is 5.32 Å². The molecule has 1 rings (SSSR count). The number of rotatable bonds is 2. The van der Waals surface area contributed by atoms with E-state index in [1.807, 2.05) is 5.32 Å². The van der Waals surface area contributed by atoms with Crippen LogP contribution in [0.1, 0.15) is 31.0 Å². The molecule has 1 aromatic rings. The van der Waals surface area contributed by atoms with E-state index >= 15 is 0 Å². The van der Waals surface area contributed by atoms with Crippen LogP contribution in [0.2, 0.25) is 0 Å². The fourth-order valence-electron chi connectivity index (χ4n) is 1.40. The fraction of sp³-hybridized carbons (Fsp3) is 0.364. The zero-order chi connectivity index (χ0) is 14.1. The number of carbonyl (C=O) groups excluding carboxylic acids is 1. The second-order valence-corrected chi connectivity index (χ2v) is 3.90. The quantitative estimate of drug-likeness (QED) is 0.807. The first-order valence-electron chi connectivity index (χ1n) is 5.06. The highest BCUT2D eigenvalue weighted by Crippen LogP contribution is 2.36. The zero-order valence-corrected chi connectivity index (χ0v) is 9.73. The molecule has 18 heavy (non-hydrogen) atoms. The van der Waals surface area contributed by atoms with E-state index < -0.39 is 35.2 Å². The van der Waals surface area contributed by atoms with Crippen LogP contribution in [0.5, 0.6) is 0 Å². The Morgan fingerprint density at radius 3 is 2.33 bits per heavy atom. The van der Waals surface area contributed by atoms with E-state index in [2.05, 4.69) is 0 Å². The predicted octanol–water partition coefficient (Wildman–Crippen LogP) is 2.82. The zero-order valence-electron chi connectivity index (χ0n) is 9.73. The molecular weight excluding hydrogens is 252 g/mol. The van der Waals surface area contributed by atoms with E-state index in [-0.39, 0.29) is 5.56 Å². The first-order chi connectivity index (χ1) is 8.12. The van der Waals surface area contributed by atoms with Crippen LogP contribution in [0.4, 0.5) is 23.2 Å². The highest BCUT2D eigenvalue weighted by molar-refractivity contribution is 5.89. The van der Waals surface area contributed by atoms with Crippen LogP contribution in [-0.2, 0) is 11.0 Å². The maximum Gasteiger partial charge on any atom is 0.419 e. The van der Waals surface area contributed by atoms with Gasteiger partial charge in [0.05, 0.1) is 11.3 Å². The normalized spacial score (nSPS) is 13.3. The van der Waals surface area contributed by atoms with Gasteiger partial charge in [0, 0.05) is 13.0 Å². The van der Waals surface area contributed by atoms with Crippen molar-refractivity contribution in [3.05, 3.63) is 29.1 Å². The van der Waals surface area contributed by atoms with Gasteiger partial charge >= 0.3 is 6.18 Å². The van der Waals surface area contributed by atoms with Crippen LogP contribution in [-0.4, -0.2) is 5.91 Å². The van der Waals surface area contributed by atoms with E-state index in [1.54, 1.807) is 0 Å². The summed E-state index contributed by atoms with van der Waals surface area (Å²) >= 11 is 0. The fourth-order valence-corrected chi connectivity index (χ4v) is 1.40. The summed E-state index contributed by atoms with van der Waals surface area (Å²) in [4.78, 5) is 10.8. The summed E-state index contributed by atoms with van der Waals surface area (Å²) in [6.07, 6.45) is -4.85. The molecule has 3 nitrogen and oxygen atoms in total. The lowest BCUT2D eigenvalue weighted by Gasteiger charge is -2.15. The lowest BCUT2D eigenvalue weighted by atomic mass is 10.0. The van der Waals surface area contributed by atoms with E-state index in [0.29, 0.717) is 6.07 Å². The molecular formula is C11H12F4N2O. The largest absolute Gasteiger partial charge is 0.419 e. The maximum atomic E-state index is 13.6. The van der Waals surface area contributed by atoms with Crippen molar-refractivity contribution in [2.45, 2.75) is 26.1 Å². The van der Waals surface area contributed by atoms with Crippen molar-refractivity contribution in [3.63, 3.8) is 0 Å². The molecule has 7 heteroatoms. The minimum absolute atomic E-state index is 0.0903. The Balaban J connectivity index is 3.43. The number of anilines is 1. The first kappa shape index (κ1) is 14.4. The Kier molecular flexibility index (Phi) is 3.95. The van der Waals surface area contributed by atoms with Gasteiger partial charge in [-0.25, -0.2) is 4.39 Å². The number of amides is 1. The number of hydrogen-bond acceptors (Lipinski definition) is 2. The molecule has 3 N–H and O–H groups in total. The Morgan fingerprint density at radius 1 is 1.39 bits per heavy atom. The molecule has 0 bridgehead atoms. The number of nitrogens with one attached hydrogen (secondary N) is 1. The third-order valence-electron chi connectivity index (χ3n) is 2.24. The molecule has 0 radical (unpaired) electrons. The van der Waals surface area contributed by atoms with Gasteiger partial charge in [-0.15, -0.1) is 0 Å². The highest BCUT2D eigenvalue weighted by Gasteiger charge is 2.36. The average Bonchev–Trinajstić information content (AvgIpc) is 2.18. The van der Waals surface area contributed by atoms with Crippen LogP contribution in [0.25, 0.3) is 0 Å². The van der Waals surface area contributed by atoms with Gasteiger partial charge in [-0.05, 0) is 24.6 Å². The third kappa shape index (κ3) is 3.19. The summed E-state index contributed by atoms with van der Waals surface area (Å²) in [6, 6.07) is 1.03. The number of halogens is 4. The standard InChI is InChI=1S/C11H12F4N2O/c1-5(16)7-3-8(11(13,14)15)10(12)9(4-7)17-6(2)18/h3-5H,16H2,1-2H3,(H,17,18)/t5-/m1/s1. The van der Waals surface area contributed by atoms with Gasteiger partial charge in [-0.1, -0.05) is 0 Å². The summed E-state index contributed by atoms with van der Waals surface area (Å²) in [7, 11) is 0. The summed E-state index contributed by atoms with van der Waals surface area (Å²) in [5.74, 6) is -2.18. The second kappa shape index (κ2) is 4.93. The molecule has 0 aliphatic heterocycles. The summed E-state index contributed by atoms with van der Waals surface area (Å²) < 4.78 is 51.4. The van der Waals surface area contributed by atoms with Crippen LogP contribution >= 0.6 is 0 Å². The molecule has 0 spiro atoms. The number of nitrogens with two attached hydrogens (primary N) is 1. The smallest absolute Gasteiger partial charge is 0.324 e. The van der Waals surface area contributed by atoms with E-state index in [4.69, 9.17) is 5.73 Å². The monoisotopic (exact) mass is 264 g/mol. The minimum Gasteiger partial charge on any atom is -0.324 e. The Morgan fingerprint density at radius 2 is 1.94 bits per heavy atom. The number of benzene rings is 1. The van der Waals surface area contributed by atoms with Crippen molar-refractivity contribution in [1.29, 1.82) is 0 Å². The molecule has 0 aliphatic carbocycles. The van der Waals surface area contributed by atoms with Gasteiger partial charge in [0.2, 0.25) is 5.91 Å². The summed E-state index contributed by atoms with van der Waals surface area (Å²) in [6.45, 7) is 2.54. The summed E-state index contributed by atoms with van der Waals surface area (Å²) in [5.41, 5.74) is 3.60. The molecule has 0 aliphatic rings. The third-order valence-corrected chi connectivity index (χ3v) is 2.24. The Bertz CT molecular complexity index is 469. The van der Waals surface area contributed by atoms with Gasteiger partial charge in [-0.3, -0.25) is 4.79 Å². The number of hydrogen-bond donors (Lipinski definition) is 2. The van der Waals surface area contributed by atoms with Gasteiger partial charge in [0.25, 0.3) is 0 Å². The minimum atomic E-state index is -4.85. The number of alkyl halides is 3. The molecule has 1 amide bonds. The van der Waals surface area contributed by atoms with Crippen LogP contribution in [0, 0.1) is 5.82 Å². The topological polar surface area (TPSA) is 55.1 Å². The van der Waals surface area contributed by atoms with Crippen LogP contribution < -0.4 is 11.1 Å². The van der Waals surface area contributed by atoms with Crippen LogP contribution in [0.3, 0.4) is 0 Å². The maximum absolute atomic E-state index is 13.6. The van der Waals surface area contributed by atoms with E-state index in [0.717, 1.165) is 13.0 Å². The molecule has 1 aromatic carbocycles. The van der Waals surface area contributed by atoms with Crippen molar-refractivity contribution in [1.82, 2.24) is 0 Å². The first-order valence-corrected chi connectivity index (χ1v) is 5.06. The molecule has 0 saturated heterocycles. The molecule has 0 unspecified atom stereocenters. The van der Waals surface area contributed by atoms with Gasteiger partial charge in [0.1, 0.15) is 0 Å². The van der Waals surface area contributed by atoms with E-state index in [9.17, 15) is 22.4 Å². The van der Waals surface area contributed by atoms with Crippen LogP contribution in [0.15, 0.2) is 12.1 Å². The molecule has 0 aromatic heterocycles. The molecule has 100 valence electrons. The molecule has 1 atom stereocenters. The molecule has 0 fully saturated rings. The average molecular weight is 264 g/mol. The SMILES string of the molecule is CC(=O)Nc1cc([C@@H](C)N)cc(C(F)(F)F)c1F. The van der Waals surface area contributed by atoms with Gasteiger partial charge < -0.3 is 11.1 Å². The van der Waals surface area contributed by atoms with Gasteiger partial charge in [-0.2, -0.15) is 13.2 Å². The Labute approximate surface area is 101 Å². The van der Waals surface area contributed by atoms with Crippen molar-refractivity contribution in [3.8, 4) is 0 Å². The van der Waals surface area contributed by atoms with Crippen molar-refractivity contribution in [2.24, 2.45) is 5.73 Å². The molecule has 0 saturated carbocycles. The summed E-state index contributed by atoms with van der Waals surface area (Å²) in [5, 5.41) is 2.01. The lowest BCUT2D eigenvalue weighted by molar-refractivity contribution is -0.140. The number of carbonyl (C=O) groups is 1. The predicted molar refractivity (Wildman–Crippen MR) is 58.3 cm³/mol. The van der Waals surface area contributed by atoms with E-state index in [1.165, 1.54) is 6.92 Å². The Hall–Kier alpha value is -1.63.